The third-order valence-corrected chi connectivity index (χ3v) is 3.67. The van der Waals surface area contributed by atoms with Crippen molar-refractivity contribution < 1.29 is 4.79 Å². The van der Waals surface area contributed by atoms with E-state index in [9.17, 15) is 4.79 Å². The van der Waals surface area contributed by atoms with Crippen molar-refractivity contribution in [2.75, 3.05) is 5.32 Å². The fourth-order valence-electron chi connectivity index (χ4n) is 2.53. The maximum Gasteiger partial charge on any atom is 0.261 e. The molecule has 6 heteroatoms. The number of hydrogen-bond acceptors (Lipinski definition) is 3. The Hall–Kier alpha value is -3.15. The van der Waals surface area contributed by atoms with Crippen LogP contribution in [0.1, 0.15) is 15.9 Å². The lowest BCUT2D eigenvalue weighted by Crippen LogP contribution is -2.13. The highest BCUT2D eigenvalue weighted by Crippen LogP contribution is 2.23. The van der Waals surface area contributed by atoms with Gasteiger partial charge in [-0.2, -0.15) is 5.10 Å². The van der Waals surface area contributed by atoms with Crippen molar-refractivity contribution in [2.45, 2.75) is 6.92 Å². The maximum absolute atomic E-state index is 12.5. The molecule has 0 radical (unpaired) electrons. The number of aromatic nitrogens is 4. The van der Waals surface area contributed by atoms with E-state index in [1.54, 1.807) is 23.0 Å². The molecule has 0 bridgehead atoms. The smallest absolute Gasteiger partial charge is 0.261 e. The molecule has 0 aliphatic heterocycles. The molecule has 4 aromatic rings. The first-order valence-electron chi connectivity index (χ1n) is 6.90. The summed E-state index contributed by atoms with van der Waals surface area (Å²) in [7, 11) is 0. The van der Waals surface area contributed by atoms with E-state index in [1.807, 2.05) is 31.3 Å². The fourth-order valence-corrected chi connectivity index (χ4v) is 2.53. The summed E-state index contributed by atoms with van der Waals surface area (Å²) in [4.78, 5) is 19.8. The second-order valence-electron chi connectivity index (χ2n) is 5.13. The van der Waals surface area contributed by atoms with Crippen molar-refractivity contribution in [3.63, 3.8) is 0 Å². The largest absolute Gasteiger partial charge is 0.361 e. The Kier molecular flexibility index (Phi) is 2.69. The van der Waals surface area contributed by atoms with Crippen LogP contribution in [0.2, 0.25) is 0 Å². The van der Waals surface area contributed by atoms with Crippen LogP contribution in [-0.4, -0.2) is 25.5 Å². The number of aryl methyl sites for hydroxylation is 1. The summed E-state index contributed by atoms with van der Waals surface area (Å²) >= 11 is 0. The van der Waals surface area contributed by atoms with Crippen LogP contribution in [0.3, 0.4) is 0 Å². The zero-order valence-electron chi connectivity index (χ0n) is 11.9. The zero-order valence-corrected chi connectivity index (χ0v) is 11.9. The molecule has 0 saturated heterocycles. The van der Waals surface area contributed by atoms with Gasteiger partial charge in [0.1, 0.15) is 5.56 Å². The van der Waals surface area contributed by atoms with Gasteiger partial charge in [-0.15, -0.1) is 0 Å². The van der Waals surface area contributed by atoms with Gasteiger partial charge in [0.25, 0.3) is 5.91 Å². The van der Waals surface area contributed by atoms with E-state index in [0.29, 0.717) is 11.2 Å². The monoisotopic (exact) mass is 291 g/mol. The van der Waals surface area contributed by atoms with Crippen molar-refractivity contribution >= 4 is 28.1 Å². The number of carbonyl (C=O) groups excluding carboxylic acids is 1. The van der Waals surface area contributed by atoms with E-state index in [4.69, 9.17) is 0 Å². The van der Waals surface area contributed by atoms with Gasteiger partial charge in [-0.3, -0.25) is 4.79 Å². The van der Waals surface area contributed by atoms with E-state index >= 15 is 0 Å². The molecule has 0 unspecified atom stereocenters. The van der Waals surface area contributed by atoms with Crippen LogP contribution in [0.25, 0.3) is 16.6 Å². The molecule has 0 aliphatic rings. The third-order valence-electron chi connectivity index (χ3n) is 3.67. The van der Waals surface area contributed by atoms with Crippen LogP contribution < -0.4 is 5.32 Å². The molecule has 0 fully saturated rings. The molecule has 22 heavy (non-hydrogen) atoms. The van der Waals surface area contributed by atoms with Crippen molar-refractivity contribution in [3.8, 4) is 0 Å². The average Bonchev–Trinajstić information content (AvgIpc) is 3.13. The molecular weight excluding hydrogens is 278 g/mol. The second-order valence-corrected chi connectivity index (χ2v) is 5.13. The molecule has 3 heterocycles. The Bertz CT molecular complexity index is 998. The van der Waals surface area contributed by atoms with Crippen LogP contribution in [0.5, 0.6) is 0 Å². The lowest BCUT2D eigenvalue weighted by Gasteiger charge is -2.08. The van der Waals surface area contributed by atoms with E-state index in [0.717, 1.165) is 22.2 Å². The Morgan fingerprint density at radius 2 is 2.27 bits per heavy atom. The summed E-state index contributed by atoms with van der Waals surface area (Å²) in [6, 6.07) is 7.74. The second kappa shape index (κ2) is 4.70. The first kappa shape index (κ1) is 12.6. The zero-order chi connectivity index (χ0) is 15.1. The molecule has 0 spiro atoms. The van der Waals surface area contributed by atoms with Crippen molar-refractivity contribution in [1.82, 2.24) is 19.6 Å². The van der Waals surface area contributed by atoms with Gasteiger partial charge in [0.2, 0.25) is 0 Å². The number of H-pyrrole nitrogens is 1. The number of carbonyl (C=O) groups is 1. The molecule has 0 saturated carbocycles. The summed E-state index contributed by atoms with van der Waals surface area (Å²) in [5.74, 6) is -0.220. The molecule has 3 aromatic heterocycles. The van der Waals surface area contributed by atoms with Gasteiger partial charge in [-0.1, -0.05) is 0 Å². The Morgan fingerprint density at radius 3 is 3.18 bits per heavy atom. The van der Waals surface area contributed by atoms with Crippen LogP contribution >= 0.6 is 0 Å². The van der Waals surface area contributed by atoms with Crippen LogP contribution in [0, 0.1) is 6.92 Å². The third kappa shape index (κ3) is 1.93. The van der Waals surface area contributed by atoms with E-state index in [1.165, 1.54) is 6.20 Å². The van der Waals surface area contributed by atoms with Crippen LogP contribution in [0.15, 0.2) is 49.1 Å². The first-order valence-corrected chi connectivity index (χ1v) is 6.90. The molecule has 2 N–H and O–H groups in total. The molecule has 0 aliphatic carbocycles. The van der Waals surface area contributed by atoms with E-state index in [2.05, 4.69) is 20.4 Å². The van der Waals surface area contributed by atoms with Crippen molar-refractivity contribution in [2.24, 2.45) is 0 Å². The summed E-state index contributed by atoms with van der Waals surface area (Å²) in [6.45, 7) is 1.97. The Morgan fingerprint density at radius 1 is 1.36 bits per heavy atom. The summed E-state index contributed by atoms with van der Waals surface area (Å²) in [6.07, 6.45) is 6.81. The fraction of sp³-hybridized carbons (Fsp3) is 0.0625. The number of anilines is 1. The number of fused-ring (bicyclic) bond motifs is 2. The minimum Gasteiger partial charge on any atom is -0.361 e. The summed E-state index contributed by atoms with van der Waals surface area (Å²) in [5.41, 5.74) is 3.75. The quantitative estimate of drug-likeness (QED) is 0.596. The maximum atomic E-state index is 12.5. The van der Waals surface area contributed by atoms with Crippen molar-refractivity contribution in [1.29, 1.82) is 0 Å². The van der Waals surface area contributed by atoms with Gasteiger partial charge in [0.05, 0.1) is 6.20 Å². The molecule has 6 nitrogen and oxygen atoms in total. The number of nitrogens with zero attached hydrogens (tertiary/aromatic N) is 3. The summed E-state index contributed by atoms with van der Waals surface area (Å²) in [5, 5.41) is 8.19. The van der Waals surface area contributed by atoms with Gasteiger partial charge < -0.3 is 10.3 Å². The highest BCUT2D eigenvalue weighted by atomic mass is 16.1. The van der Waals surface area contributed by atoms with Crippen LogP contribution in [-0.2, 0) is 0 Å². The minimum atomic E-state index is -0.220. The number of benzene rings is 1. The normalized spacial score (nSPS) is 11.1. The SMILES string of the molecule is Cc1cc2cc[nH]c2cc1NC(=O)c1cnn2cccnc12. The number of nitrogens with one attached hydrogen (secondary N) is 2. The standard InChI is InChI=1S/C16H13N5O/c1-10-7-11-3-5-17-14(11)8-13(10)20-16(22)12-9-19-21-6-2-4-18-15(12)21/h2-9,17H,1H3,(H,20,22). The highest BCUT2D eigenvalue weighted by molar-refractivity contribution is 6.09. The Balaban J connectivity index is 1.72. The van der Waals surface area contributed by atoms with Gasteiger partial charge in [-0.25, -0.2) is 9.50 Å². The predicted octanol–water partition coefficient (Wildman–Crippen LogP) is 2.77. The number of rotatable bonds is 2. The van der Waals surface area contributed by atoms with Gasteiger partial charge in [0, 0.05) is 29.8 Å². The molecule has 4 rings (SSSR count). The number of aromatic amines is 1. The number of hydrogen-bond donors (Lipinski definition) is 2. The lowest BCUT2D eigenvalue weighted by molar-refractivity contribution is 0.102. The lowest BCUT2D eigenvalue weighted by atomic mass is 10.1. The molecule has 1 aromatic carbocycles. The van der Waals surface area contributed by atoms with E-state index < -0.39 is 0 Å². The first-order chi connectivity index (χ1) is 10.7. The topological polar surface area (TPSA) is 75.1 Å². The highest BCUT2D eigenvalue weighted by Gasteiger charge is 2.15. The molecule has 108 valence electrons. The summed E-state index contributed by atoms with van der Waals surface area (Å²) < 4.78 is 1.58. The average molecular weight is 291 g/mol. The molecule has 1 amide bonds. The Labute approximate surface area is 125 Å². The van der Waals surface area contributed by atoms with Gasteiger partial charge in [-0.05, 0) is 42.1 Å². The van der Waals surface area contributed by atoms with E-state index in [-0.39, 0.29) is 5.91 Å². The molecular formula is C16H13N5O. The predicted molar refractivity (Wildman–Crippen MR) is 84.0 cm³/mol. The van der Waals surface area contributed by atoms with Gasteiger partial charge in [0.15, 0.2) is 5.65 Å². The minimum absolute atomic E-state index is 0.220. The molecule has 0 atom stereocenters. The number of amides is 1. The van der Waals surface area contributed by atoms with Crippen molar-refractivity contribution in [3.05, 3.63) is 60.2 Å². The van der Waals surface area contributed by atoms with Crippen LogP contribution in [0.4, 0.5) is 5.69 Å². The van der Waals surface area contributed by atoms with Gasteiger partial charge >= 0.3 is 0 Å².